The molecule has 4 N–H and O–H groups in total. The fourth-order valence-corrected chi connectivity index (χ4v) is 4.02. The Hall–Kier alpha value is -3.66. The first-order valence-electron chi connectivity index (χ1n) is 10.3. The van der Waals surface area contributed by atoms with Crippen LogP contribution in [0.5, 0.6) is 17.2 Å². The molecule has 1 atom stereocenters. The first kappa shape index (κ1) is 24.0. The Morgan fingerprint density at radius 2 is 1.82 bits per heavy atom. The maximum absolute atomic E-state index is 13.6. The number of phenols is 2. The van der Waals surface area contributed by atoms with Crippen LogP contribution in [0.3, 0.4) is 0 Å². The summed E-state index contributed by atoms with van der Waals surface area (Å²) < 4.78 is 10.6. The average molecular weight is 458 g/mol. The van der Waals surface area contributed by atoms with Gasteiger partial charge >= 0.3 is 0 Å². The number of aromatic hydroxyl groups is 2. The molecule has 1 aliphatic carbocycles. The van der Waals surface area contributed by atoms with E-state index in [4.69, 9.17) is 9.47 Å². The number of hydrogen-bond acceptors (Lipinski definition) is 9. The lowest BCUT2D eigenvalue weighted by molar-refractivity contribution is -0.124. The number of Topliss-reactive ketones (excluding diaryl/α,β-unsaturated/α-hetero) is 2. The second kappa shape index (κ2) is 8.70. The maximum Gasteiger partial charge on any atom is 0.239 e. The van der Waals surface area contributed by atoms with Crippen LogP contribution >= 0.6 is 0 Å². The quantitative estimate of drug-likeness (QED) is 0.202. The van der Waals surface area contributed by atoms with Gasteiger partial charge < -0.3 is 30.3 Å². The number of amides is 1. The number of carbonyl (C=O) groups excluding carboxylic acids is 4. The van der Waals surface area contributed by atoms with E-state index in [0.29, 0.717) is 13.2 Å². The molecule has 1 amide bonds. The van der Waals surface area contributed by atoms with Crippen molar-refractivity contribution in [3.05, 3.63) is 39.8 Å². The number of ketones is 3. The molecule has 176 valence electrons. The van der Waals surface area contributed by atoms with Gasteiger partial charge in [0.15, 0.2) is 17.3 Å². The van der Waals surface area contributed by atoms with Gasteiger partial charge in [-0.1, -0.05) is 0 Å². The summed E-state index contributed by atoms with van der Waals surface area (Å²) in [7, 11) is 1.51. The lowest BCUT2D eigenvalue weighted by Gasteiger charge is -2.29. The number of methoxy groups -OCH3 is 1. The van der Waals surface area contributed by atoms with Crippen LogP contribution in [-0.2, 0) is 24.5 Å². The van der Waals surface area contributed by atoms with Gasteiger partial charge in [-0.15, -0.1) is 0 Å². The molecule has 1 heterocycles. The Morgan fingerprint density at radius 1 is 1.15 bits per heavy atom. The number of nitrogens with one attached hydrogen (secondary N) is 2. The monoisotopic (exact) mass is 458 g/mol. The maximum atomic E-state index is 13.6. The van der Waals surface area contributed by atoms with Crippen molar-refractivity contribution in [1.29, 1.82) is 0 Å². The summed E-state index contributed by atoms with van der Waals surface area (Å²) >= 11 is 0. The highest BCUT2D eigenvalue weighted by Gasteiger charge is 2.56. The number of allylic oxidation sites excluding steroid dienone is 4. The molecule has 2 aliphatic rings. The molecule has 10 nitrogen and oxygen atoms in total. The van der Waals surface area contributed by atoms with E-state index < -0.39 is 34.3 Å². The molecule has 33 heavy (non-hydrogen) atoms. The molecule has 10 heteroatoms. The molecule has 0 saturated heterocycles. The Balaban J connectivity index is 2.05. The molecule has 0 saturated carbocycles. The van der Waals surface area contributed by atoms with Gasteiger partial charge in [-0.3, -0.25) is 19.2 Å². The van der Waals surface area contributed by atoms with E-state index in [1.165, 1.54) is 34.8 Å². The number of carbonyl (C=O) groups is 4. The summed E-state index contributed by atoms with van der Waals surface area (Å²) in [6, 6.07) is 0. The minimum atomic E-state index is -1.60. The minimum absolute atomic E-state index is 0.00867. The van der Waals surface area contributed by atoms with Crippen molar-refractivity contribution < 1.29 is 38.9 Å². The molecular formula is C23H26N2O8. The lowest BCUT2D eigenvalue weighted by Crippen LogP contribution is -2.42. The van der Waals surface area contributed by atoms with E-state index in [1.54, 1.807) is 0 Å². The minimum Gasteiger partial charge on any atom is -0.507 e. The third kappa shape index (κ3) is 3.76. The number of fused-ring (bicyclic) bond motifs is 3. The Morgan fingerprint density at radius 3 is 2.42 bits per heavy atom. The van der Waals surface area contributed by atoms with Crippen molar-refractivity contribution in [2.75, 3.05) is 26.8 Å². The van der Waals surface area contributed by atoms with Crippen LogP contribution in [0, 0.1) is 6.92 Å². The van der Waals surface area contributed by atoms with Gasteiger partial charge in [0.1, 0.15) is 34.0 Å². The SMILES string of the molecule is COCCNC(=O)CNC(C)=C1C(=O)C=C2Oc3c(C(C)=O)c(O)c(C)c(O)c3C2(C)C1=O. The van der Waals surface area contributed by atoms with Crippen molar-refractivity contribution in [3.8, 4) is 17.2 Å². The van der Waals surface area contributed by atoms with Gasteiger partial charge in [0.2, 0.25) is 5.91 Å². The van der Waals surface area contributed by atoms with E-state index in [-0.39, 0.29) is 51.9 Å². The van der Waals surface area contributed by atoms with Crippen molar-refractivity contribution in [1.82, 2.24) is 10.6 Å². The summed E-state index contributed by atoms with van der Waals surface area (Å²) in [6.45, 7) is 6.08. The number of rotatable bonds is 7. The van der Waals surface area contributed by atoms with Crippen molar-refractivity contribution in [2.45, 2.75) is 33.1 Å². The first-order chi connectivity index (χ1) is 15.5. The van der Waals surface area contributed by atoms with Gasteiger partial charge in [-0.25, -0.2) is 0 Å². The molecule has 1 aromatic carbocycles. The van der Waals surface area contributed by atoms with Crippen LogP contribution in [0.2, 0.25) is 0 Å². The molecule has 0 spiro atoms. The van der Waals surface area contributed by atoms with Crippen molar-refractivity contribution in [2.24, 2.45) is 0 Å². The zero-order chi connectivity index (χ0) is 24.7. The molecule has 0 aromatic heterocycles. The summed E-state index contributed by atoms with van der Waals surface area (Å²) in [5.74, 6) is -3.24. The summed E-state index contributed by atoms with van der Waals surface area (Å²) in [5, 5.41) is 26.6. The fourth-order valence-electron chi connectivity index (χ4n) is 4.02. The molecule has 1 unspecified atom stereocenters. The number of ether oxygens (including phenoxy) is 2. The highest BCUT2D eigenvalue weighted by molar-refractivity contribution is 6.31. The van der Waals surface area contributed by atoms with Crippen LogP contribution in [0.1, 0.15) is 42.3 Å². The smallest absolute Gasteiger partial charge is 0.239 e. The normalized spacial score (nSPS) is 20.5. The predicted molar refractivity (Wildman–Crippen MR) is 116 cm³/mol. The van der Waals surface area contributed by atoms with Crippen molar-refractivity contribution >= 4 is 23.3 Å². The molecule has 1 aliphatic heterocycles. The topological polar surface area (TPSA) is 151 Å². The molecule has 0 fully saturated rings. The second-order valence-electron chi connectivity index (χ2n) is 8.08. The number of benzene rings is 1. The fraction of sp³-hybridized carbons (Fsp3) is 0.391. The zero-order valence-corrected chi connectivity index (χ0v) is 19.0. The molecule has 1 aromatic rings. The predicted octanol–water partition coefficient (Wildman–Crippen LogP) is 0.921. The molecule has 0 radical (unpaired) electrons. The molecule has 0 bridgehead atoms. The Labute approximate surface area is 190 Å². The van der Waals surface area contributed by atoms with E-state index >= 15 is 0 Å². The Kier molecular flexibility index (Phi) is 6.33. The third-order valence-electron chi connectivity index (χ3n) is 5.90. The van der Waals surface area contributed by atoms with Crippen molar-refractivity contribution in [3.63, 3.8) is 0 Å². The highest BCUT2D eigenvalue weighted by atomic mass is 16.5. The lowest BCUT2D eigenvalue weighted by atomic mass is 9.70. The average Bonchev–Trinajstić information content (AvgIpc) is 3.03. The van der Waals surface area contributed by atoms with E-state index in [1.807, 2.05) is 0 Å². The summed E-state index contributed by atoms with van der Waals surface area (Å²) in [5.41, 5.74) is -1.77. The third-order valence-corrected chi connectivity index (χ3v) is 5.90. The van der Waals surface area contributed by atoms with E-state index in [2.05, 4.69) is 10.6 Å². The number of hydrogen-bond donors (Lipinski definition) is 4. The number of phenolic OH excluding ortho intramolecular Hbond substituents is 2. The van der Waals surface area contributed by atoms with Gasteiger partial charge in [-0.2, -0.15) is 0 Å². The van der Waals surface area contributed by atoms with E-state index in [0.717, 1.165) is 6.08 Å². The van der Waals surface area contributed by atoms with Gasteiger partial charge in [0.25, 0.3) is 0 Å². The summed E-state index contributed by atoms with van der Waals surface area (Å²) in [6.07, 6.45) is 1.12. The largest absolute Gasteiger partial charge is 0.507 e. The molecule has 3 rings (SSSR count). The molecular weight excluding hydrogens is 432 g/mol. The Bertz CT molecular complexity index is 1150. The van der Waals surface area contributed by atoms with Crippen LogP contribution in [0.4, 0.5) is 0 Å². The van der Waals surface area contributed by atoms with Crippen LogP contribution in [0.25, 0.3) is 0 Å². The second-order valence-corrected chi connectivity index (χ2v) is 8.08. The van der Waals surface area contributed by atoms with Gasteiger partial charge in [0.05, 0.1) is 24.3 Å². The van der Waals surface area contributed by atoms with E-state index in [9.17, 15) is 29.4 Å². The van der Waals surface area contributed by atoms with Gasteiger partial charge in [0, 0.05) is 31.0 Å². The summed E-state index contributed by atoms with van der Waals surface area (Å²) in [4.78, 5) is 50.6. The van der Waals surface area contributed by atoms with Gasteiger partial charge in [-0.05, 0) is 27.7 Å². The van der Waals surface area contributed by atoms with Crippen LogP contribution in [0.15, 0.2) is 23.1 Å². The van der Waals surface area contributed by atoms with Crippen LogP contribution < -0.4 is 15.4 Å². The van der Waals surface area contributed by atoms with Crippen LogP contribution in [-0.4, -0.2) is 60.3 Å². The zero-order valence-electron chi connectivity index (χ0n) is 19.0. The standard InChI is InChI=1S/C23H26N2O8/c1-10-19(29)17(12(3)26)21-18(20(10)30)23(4)14(33-21)8-13(27)16(22(23)31)11(2)25-9-15(28)24-6-7-32-5/h8,25,29-30H,6-7,9H2,1-5H3,(H,24,28). The highest BCUT2D eigenvalue weighted by Crippen LogP contribution is 2.57. The first-order valence-corrected chi connectivity index (χ1v) is 10.3.